The van der Waals surface area contributed by atoms with E-state index in [2.05, 4.69) is 0 Å². The van der Waals surface area contributed by atoms with Crippen LogP contribution in [0.5, 0.6) is 0 Å². The molecule has 1 atom stereocenters. The molecule has 0 fully saturated rings. The second kappa shape index (κ2) is 8.42. The summed E-state index contributed by atoms with van der Waals surface area (Å²) < 4.78 is 5.36. The smallest absolute Gasteiger partial charge is 0.414 e. The molecule has 1 unspecified atom stereocenters. The van der Waals surface area contributed by atoms with Crippen LogP contribution in [0.15, 0.2) is 54.6 Å². The number of amides is 2. The number of benzene rings is 3. The third kappa shape index (κ3) is 3.65. The summed E-state index contributed by atoms with van der Waals surface area (Å²) in [5.74, 6) is -0.0525. The van der Waals surface area contributed by atoms with E-state index in [1.54, 1.807) is 11.8 Å². The first-order chi connectivity index (χ1) is 15.0. The van der Waals surface area contributed by atoms with Gasteiger partial charge in [0.2, 0.25) is 0 Å². The Hall–Kier alpha value is -3.34. The van der Waals surface area contributed by atoms with Gasteiger partial charge in [-0.25, -0.2) is 4.79 Å². The van der Waals surface area contributed by atoms with Gasteiger partial charge in [-0.1, -0.05) is 43.3 Å². The Kier molecular flexibility index (Phi) is 5.68. The van der Waals surface area contributed by atoms with Crippen LogP contribution >= 0.6 is 0 Å². The summed E-state index contributed by atoms with van der Waals surface area (Å²) in [6.45, 7) is 8.61. The number of hydrogen-bond acceptors (Lipinski definition) is 3. The molecular weight excluding hydrogens is 388 g/mol. The van der Waals surface area contributed by atoms with Gasteiger partial charge >= 0.3 is 6.09 Å². The number of ether oxygens (including phenoxy) is 1. The Labute approximate surface area is 183 Å². The van der Waals surface area contributed by atoms with Crippen molar-refractivity contribution in [2.75, 3.05) is 23.0 Å². The van der Waals surface area contributed by atoms with E-state index in [4.69, 9.17) is 4.74 Å². The standard InChI is InChI=1S/C26H28N2O3/c1-5-20-16-27(25(29)22-13-9-11-19-10-7-8-12-21(19)22)23-14-17(3)18(4)15-24(23)28(20)26(30)31-6-2/h7-15,20H,5-6,16H2,1-4H3. The number of rotatable bonds is 3. The van der Waals surface area contributed by atoms with Crippen LogP contribution in [0.4, 0.5) is 16.2 Å². The largest absolute Gasteiger partial charge is 0.449 e. The predicted octanol–water partition coefficient (Wildman–Crippen LogP) is 5.86. The van der Waals surface area contributed by atoms with Crippen LogP contribution in [0.1, 0.15) is 41.8 Å². The van der Waals surface area contributed by atoms with Gasteiger partial charge in [0.15, 0.2) is 0 Å². The molecule has 3 aromatic rings. The molecule has 0 N–H and O–H groups in total. The van der Waals surface area contributed by atoms with E-state index < -0.39 is 0 Å². The van der Waals surface area contributed by atoms with E-state index in [1.807, 2.05) is 80.3 Å². The highest BCUT2D eigenvalue weighted by molar-refractivity contribution is 6.16. The van der Waals surface area contributed by atoms with Gasteiger partial charge in [0, 0.05) is 12.1 Å². The van der Waals surface area contributed by atoms with Crippen LogP contribution < -0.4 is 9.80 Å². The lowest BCUT2D eigenvalue weighted by atomic mass is 9.98. The highest BCUT2D eigenvalue weighted by Crippen LogP contribution is 2.40. The van der Waals surface area contributed by atoms with Crippen molar-refractivity contribution in [3.05, 3.63) is 71.3 Å². The van der Waals surface area contributed by atoms with E-state index in [0.29, 0.717) is 25.1 Å². The van der Waals surface area contributed by atoms with Gasteiger partial charge < -0.3 is 9.64 Å². The minimum atomic E-state index is -0.365. The number of hydrogen-bond donors (Lipinski definition) is 0. The van der Waals surface area contributed by atoms with Gasteiger partial charge in [-0.2, -0.15) is 0 Å². The third-order valence-electron chi connectivity index (χ3n) is 6.10. The van der Waals surface area contributed by atoms with Gasteiger partial charge in [0.05, 0.1) is 24.0 Å². The molecule has 0 saturated heterocycles. The number of carbonyl (C=O) groups is 2. The second-order valence-electron chi connectivity index (χ2n) is 8.00. The maximum absolute atomic E-state index is 13.8. The molecule has 1 aliphatic rings. The summed E-state index contributed by atoms with van der Waals surface area (Å²) in [6.07, 6.45) is 0.348. The molecule has 0 aliphatic carbocycles. The lowest BCUT2D eigenvalue weighted by Crippen LogP contribution is -2.53. The van der Waals surface area contributed by atoms with Crippen LogP contribution in [-0.2, 0) is 4.74 Å². The average Bonchev–Trinajstić information content (AvgIpc) is 2.78. The summed E-state index contributed by atoms with van der Waals surface area (Å²) in [6, 6.07) is 17.6. The van der Waals surface area contributed by atoms with Crippen molar-refractivity contribution < 1.29 is 14.3 Å². The Morgan fingerprint density at radius 3 is 2.35 bits per heavy atom. The zero-order chi connectivity index (χ0) is 22.1. The molecule has 5 nitrogen and oxygen atoms in total. The van der Waals surface area contributed by atoms with Crippen molar-refractivity contribution in [3.8, 4) is 0 Å². The number of nitrogens with zero attached hydrogens (tertiary/aromatic N) is 2. The molecule has 0 aromatic heterocycles. The van der Waals surface area contributed by atoms with E-state index in [9.17, 15) is 9.59 Å². The number of anilines is 2. The molecule has 0 spiro atoms. The lowest BCUT2D eigenvalue weighted by Gasteiger charge is -2.42. The molecule has 0 bridgehead atoms. The Morgan fingerprint density at radius 2 is 1.65 bits per heavy atom. The maximum atomic E-state index is 13.8. The first kappa shape index (κ1) is 20.9. The third-order valence-corrected chi connectivity index (χ3v) is 6.10. The zero-order valence-corrected chi connectivity index (χ0v) is 18.5. The fourth-order valence-electron chi connectivity index (χ4n) is 4.28. The minimum Gasteiger partial charge on any atom is -0.449 e. The zero-order valence-electron chi connectivity index (χ0n) is 18.5. The highest BCUT2D eigenvalue weighted by atomic mass is 16.6. The lowest BCUT2D eigenvalue weighted by molar-refractivity contribution is 0.0983. The van der Waals surface area contributed by atoms with Gasteiger partial charge in [0.1, 0.15) is 0 Å². The molecule has 0 radical (unpaired) electrons. The average molecular weight is 417 g/mol. The minimum absolute atomic E-state index is 0.0525. The van der Waals surface area contributed by atoms with Gasteiger partial charge in [-0.05, 0) is 67.3 Å². The van der Waals surface area contributed by atoms with Crippen molar-refractivity contribution in [2.24, 2.45) is 0 Å². The second-order valence-corrected chi connectivity index (χ2v) is 8.00. The molecule has 3 aromatic carbocycles. The van der Waals surface area contributed by atoms with Gasteiger partial charge in [0.25, 0.3) is 5.91 Å². The molecule has 4 rings (SSSR count). The molecule has 0 saturated carbocycles. The van der Waals surface area contributed by atoms with Crippen LogP contribution in [0.3, 0.4) is 0 Å². The van der Waals surface area contributed by atoms with Crippen LogP contribution in [0.25, 0.3) is 10.8 Å². The molecular formula is C26H28N2O3. The summed E-state index contributed by atoms with van der Waals surface area (Å²) in [5, 5.41) is 1.96. The highest BCUT2D eigenvalue weighted by Gasteiger charge is 2.38. The Bertz CT molecular complexity index is 1150. The van der Waals surface area contributed by atoms with Crippen molar-refractivity contribution in [1.29, 1.82) is 0 Å². The molecule has 31 heavy (non-hydrogen) atoms. The normalized spacial score (nSPS) is 15.7. The van der Waals surface area contributed by atoms with E-state index in [1.165, 1.54) is 0 Å². The molecule has 2 amide bonds. The Morgan fingerprint density at radius 1 is 0.968 bits per heavy atom. The van der Waals surface area contributed by atoms with Crippen LogP contribution in [-0.4, -0.2) is 31.2 Å². The quantitative estimate of drug-likeness (QED) is 0.537. The molecule has 160 valence electrons. The molecule has 1 aliphatic heterocycles. The van der Waals surface area contributed by atoms with Crippen molar-refractivity contribution >= 4 is 34.1 Å². The summed E-state index contributed by atoms with van der Waals surface area (Å²) in [7, 11) is 0. The number of fused-ring (bicyclic) bond motifs is 2. The first-order valence-electron chi connectivity index (χ1n) is 10.8. The Balaban J connectivity index is 1.86. The maximum Gasteiger partial charge on any atom is 0.414 e. The number of aryl methyl sites for hydroxylation is 2. The van der Waals surface area contributed by atoms with Crippen LogP contribution in [0, 0.1) is 13.8 Å². The fraction of sp³-hybridized carbons (Fsp3) is 0.308. The van der Waals surface area contributed by atoms with Crippen molar-refractivity contribution in [2.45, 2.75) is 40.2 Å². The first-order valence-corrected chi connectivity index (χ1v) is 10.8. The van der Waals surface area contributed by atoms with Gasteiger partial charge in [-0.3, -0.25) is 9.69 Å². The molecule has 5 heteroatoms. The SMILES string of the molecule is CCOC(=O)N1c2cc(C)c(C)cc2N(C(=O)c2cccc3ccccc23)CC1CC. The van der Waals surface area contributed by atoms with E-state index in [0.717, 1.165) is 33.3 Å². The summed E-state index contributed by atoms with van der Waals surface area (Å²) in [5.41, 5.74) is 4.30. The van der Waals surface area contributed by atoms with Crippen molar-refractivity contribution in [3.63, 3.8) is 0 Å². The number of carbonyl (C=O) groups excluding carboxylic acids is 2. The van der Waals surface area contributed by atoms with Crippen molar-refractivity contribution in [1.82, 2.24) is 0 Å². The topological polar surface area (TPSA) is 49.9 Å². The summed E-state index contributed by atoms with van der Waals surface area (Å²) in [4.78, 5) is 30.2. The molecule has 1 heterocycles. The fourth-order valence-corrected chi connectivity index (χ4v) is 4.28. The monoisotopic (exact) mass is 416 g/mol. The van der Waals surface area contributed by atoms with E-state index >= 15 is 0 Å². The van der Waals surface area contributed by atoms with Gasteiger partial charge in [-0.15, -0.1) is 0 Å². The van der Waals surface area contributed by atoms with E-state index in [-0.39, 0.29) is 18.0 Å². The summed E-state index contributed by atoms with van der Waals surface area (Å²) >= 11 is 0. The predicted molar refractivity (Wildman–Crippen MR) is 125 cm³/mol. The van der Waals surface area contributed by atoms with Crippen LogP contribution in [0.2, 0.25) is 0 Å².